The minimum atomic E-state index is 0.381. The fourth-order valence-electron chi connectivity index (χ4n) is 2.62. The van der Waals surface area contributed by atoms with Gasteiger partial charge < -0.3 is 10.1 Å². The van der Waals surface area contributed by atoms with Crippen molar-refractivity contribution in [2.75, 3.05) is 6.54 Å². The Morgan fingerprint density at radius 3 is 2.50 bits per heavy atom. The molecule has 94 valence electrons. The second kappa shape index (κ2) is 5.50. The maximum absolute atomic E-state index is 6.13. The van der Waals surface area contributed by atoms with Gasteiger partial charge in [0.1, 0.15) is 0 Å². The molecule has 2 rings (SSSR count). The van der Waals surface area contributed by atoms with E-state index in [1.807, 2.05) is 0 Å². The average Bonchev–Trinajstić information content (AvgIpc) is 3.04. The number of hydrogen-bond donors (Lipinski definition) is 1. The zero-order chi connectivity index (χ0) is 11.5. The Hall–Kier alpha value is -0.0800. The van der Waals surface area contributed by atoms with Crippen LogP contribution in [0.2, 0.25) is 0 Å². The van der Waals surface area contributed by atoms with E-state index in [0.29, 0.717) is 12.2 Å². The molecular weight excluding hydrogens is 198 g/mol. The molecule has 0 saturated heterocycles. The summed E-state index contributed by atoms with van der Waals surface area (Å²) in [6.07, 6.45) is 7.49. The molecule has 4 unspecified atom stereocenters. The number of hydrogen-bond acceptors (Lipinski definition) is 2. The second-order valence-corrected chi connectivity index (χ2v) is 6.02. The lowest BCUT2D eigenvalue weighted by molar-refractivity contribution is -0.0385. The SMILES string of the molecule is CC(CNC1CC1)OC1CCC(C)C(C)C1. The highest BCUT2D eigenvalue weighted by Crippen LogP contribution is 2.31. The molecule has 0 heterocycles. The molecule has 2 nitrogen and oxygen atoms in total. The molecule has 16 heavy (non-hydrogen) atoms. The summed E-state index contributed by atoms with van der Waals surface area (Å²) in [6.45, 7) is 7.98. The van der Waals surface area contributed by atoms with Crippen LogP contribution >= 0.6 is 0 Å². The zero-order valence-corrected chi connectivity index (χ0v) is 11.0. The van der Waals surface area contributed by atoms with Crippen molar-refractivity contribution in [1.29, 1.82) is 0 Å². The third-order valence-corrected chi connectivity index (χ3v) is 4.25. The molecule has 1 N–H and O–H groups in total. The summed E-state index contributed by atoms with van der Waals surface area (Å²) in [5.74, 6) is 1.72. The first kappa shape index (κ1) is 12.4. The van der Waals surface area contributed by atoms with Crippen LogP contribution in [0.5, 0.6) is 0 Å². The smallest absolute Gasteiger partial charge is 0.0675 e. The lowest BCUT2D eigenvalue weighted by Crippen LogP contribution is -2.34. The van der Waals surface area contributed by atoms with E-state index in [1.54, 1.807) is 0 Å². The summed E-state index contributed by atoms with van der Waals surface area (Å²) in [7, 11) is 0. The fourth-order valence-corrected chi connectivity index (χ4v) is 2.62. The van der Waals surface area contributed by atoms with Gasteiger partial charge in [-0.05, 0) is 50.9 Å². The lowest BCUT2D eigenvalue weighted by atomic mass is 9.80. The van der Waals surface area contributed by atoms with Gasteiger partial charge in [-0.2, -0.15) is 0 Å². The minimum Gasteiger partial charge on any atom is -0.374 e. The van der Waals surface area contributed by atoms with E-state index in [1.165, 1.54) is 32.1 Å². The summed E-state index contributed by atoms with van der Waals surface area (Å²) >= 11 is 0. The Kier molecular flexibility index (Phi) is 4.26. The van der Waals surface area contributed by atoms with Crippen LogP contribution in [-0.4, -0.2) is 24.8 Å². The van der Waals surface area contributed by atoms with E-state index in [4.69, 9.17) is 4.74 Å². The van der Waals surface area contributed by atoms with Crippen molar-refractivity contribution in [3.63, 3.8) is 0 Å². The number of rotatable bonds is 5. The van der Waals surface area contributed by atoms with Crippen LogP contribution in [0, 0.1) is 11.8 Å². The van der Waals surface area contributed by atoms with Gasteiger partial charge in [-0.15, -0.1) is 0 Å². The molecule has 4 atom stereocenters. The summed E-state index contributed by atoms with van der Waals surface area (Å²) in [5, 5.41) is 3.54. The molecule has 2 fully saturated rings. The van der Waals surface area contributed by atoms with Gasteiger partial charge in [0.2, 0.25) is 0 Å². The predicted octanol–water partition coefficient (Wildman–Crippen LogP) is 2.97. The first-order chi connectivity index (χ1) is 7.65. The second-order valence-electron chi connectivity index (χ2n) is 6.02. The molecule has 0 amide bonds. The number of ether oxygens (including phenoxy) is 1. The summed E-state index contributed by atoms with van der Waals surface area (Å²) in [4.78, 5) is 0. The Morgan fingerprint density at radius 1 is 1.12 bits per heavy atom. The van der Waals surface area contributed by atoms with Gasteiger partial charge in [0, 0.05) is 12.6 Å². The summed E-state index contributed by atoms with van der Waals surface area (Å²) in [5.41, 5.74) is 0. The van der Waals surface area contributed by atoms with Gasteiger partial charge in [0.25, 0.3) is 0 Å². The normalized spacial score (nSPS) is 37.3. The maximum Gasteiger partial charge on any atom is 0.0675 e. The molecule has 0 bridgehead atoms. The molecule has 0 spiro atoms. The van der Waals surface area contributed by atoms with E-state index >= 15 is 0 Å². The van der Waals surface area contributed by atoms with Gasteiger partial charge in [-0.3, -0.25) is 0 Å². The van der Waals surface area contributed by atoms with Crippen LogP contribution in [0.4, 0.5) is 0 Å². The molecule has 2 saturated carbocycles. The molecule has 2 aliphatic carbocycles. The summed E-state index contributed by atoms with van der Waals surface area (Å²) in [6, 6.07) is 0.802. The highest BCUT2D eigenvalue weighted by molar-refractivity contribution is 4.82. The Bertz CT molecular complexity index is 215. The van der Waals surface area contributed by atoms with Gasteiger partial charge >= 0.3 is 0 Å². The third kappa shape index (κ3) is 3.74. The monoisotopic (exact) mass is 225 g/mol. The molecule has 2 heteroatoms. The van der Waals surface area contributed by atoms with Crippen LogP contribution in [0.15, 0.2) is 0 Å². The Morgan fingerprint density at radius 2 is 1.88 bits per heavy atom. The highest BCUT2D eigenvalue weighted by Gasteiger charge is 2.27. The third-order valence-electron chi connectivity index (χ3n) is 4.25. The van der Waals surface area contributed by atoms with Crippen molar-refractivity contribution >= 4 is 0 Å². The average molecular weight is 225 g/mol. The topological polar surface area (TPSA) is 21.3 Å². The molecule has 0 aliphatic heterocycles. The van der Waals surface area contributed by atoms with E-state index in [0.717, 1.165) is 24.4 Å². The lowest BCUT2D eigenvalue weighted by Gasteiger charge is -2.33. The quantitative estimate of drug-likeness (QED) is 0.776. The van der Waals surface area contributed by atoms with Crippen molar-refractivity contribution in [2.24, 2.45) is 11.8 Å². The van der Waals surface area contributed by atoms with Gasteiger partial charge in [0.05, 0.1) is 12.2 Å². The van der Waals surface area contributed by atoms with Gasteiger partial charge in [0.15, 0.2) is 0 Å². The van der Waals surface area contributed by atoms with Crippen molar-refractivity contribution in [1.82, 2.24) is 5.32 Å². The highest BCUT2D eigenvalue weighted by atomic mass is 16.5. The van der Waals surface area contributed by atoms with Crippen LogP contribution in [0.25, 0.3) is 0 Å². The van der Waals surface area contributed by atoms with E-state index in [9.17, 15) is 0 Å². The number of nitrogens with one attached hydrogen (secondary N) is 1. The standard InChI is InChI=1S/C14H27NO/c1-10-4-7-14(8-11(10)2)16-12(3)9-15-13-5-6-13/h10-15H,4-9H2,1-3H3. The van der Waals surface area contributed by atoms with Crippen LogP contribution in [0.3, 0.4) is 0 Å². The first-order valence-corrected chi connectivity index (χ1v) is 7.04. The molecule has 2 aliphatic rings. The fraction of sp³-hybridized carbons (Fsp3) is 1.00. The van der Waals surface area contributed by atoms with E-state index < -0.39 is 0 Å². The largest absolute Gasteiger partial charge is 0.374 e. The molecular formula is C14H27NO. The summed E-state index contributed by atoms with van der Waals surface area (Å²) < 4.78 is 6.13. The minimum absolute atomic E-state index is 0.381. The predicted molar refractivity (Wildman–Crippen MR) is 67.5 cm³/mol. The van der Waals surface area contributed by atoms with Crippen molar-refractivity contribution in [2.45, 2.75) is 71.1 Å². The molecule has 0 aromatic rings. The van der Waals surface area contributed by atoms with Crippen molar-refractivity contribution in [3.05, 3.63) is 0 Å². The van der Waals surface area contributed by atoms with E-state index in [2.05, 4.69) is 26.1 Å². The molecule has 0 aromatic carbocycles. The van der Waals surface area contributed by atoms with E-state index in [-0.39, 0.29) is 0 Å². The molecule has 0 aromatic heterocycles. The Balaban J connectivity index is 1.63. The van der Waals surface area contributed by atoms with Crippen molar-refractivity contribution < 1.29 is 4.74 Å². The maximum atomic E-state index is 6.13. The zero-order valence-electron chi connectivity index (χ0n) is 11.0. The van der Waals surface area contributed by atoms with Crippen LogP contribution in [0.1, 0.15) is 52.9 Å². The van der Waals surface area contributed by atoms with Crippen LogP contribution in [-0.2, 0) is 4.74 Å². The van der Waals surface area contributed by atoms with Crippen molar-refractivity contribution in [3.8, 4) is 0 Å². The van der Waals surface area contributed by atoms with Gasteiger partial charge in [-0.25, -0.2) is 0 Å². The van der Waals surface area contributed by atoms with Crippen LogP contribution < -0.4 is 5.32 Å². The molecule has 0 radical (unpaired) electrons. The Labute approximate surface area is 100 Å². The van der Waals surface area contributed by atoms with Gasteiger partial charge in [-0.1, -0.05) is 13.8 Å². The first-order valence-electron chi connectivity index (χ1n) is 7.04.